The van der Waals surface area contributed by atoms with Crippen molar-refractivity contribution in [1.82, 2.24) is 15.0 Å². The molecule has 232 valence electrons. The van der Waals surface area contributed by atoms with E-state index in [1.807, 2.05) is 37.3 Å². The molecule has 1 fully saturated rings. The molecule has 0 bridgehead atoms. The number of pyridine rings is 1. The largest absolute Gasteiger partial charge is 0.496 e. The second-order valence-corrected chi connectivity index (χ2v) is 11.6. The summed E-state index contributed by atoms with van der Waals surface area (Å²) < 4.78 is 27.7. The van der Waals surface area contributed by atoms with E-state index in [-0.39, 0.29) is 30.5 Å². The van der Waals surface area contributed by atoms with Crippen molar-refractivity contribution in [3.8, 4) is 17.0 Å². The third-order valence-electron chi connectivity index (χ3n) is 6.87. The zero-order valence-electron chi connectivity index (χ0n) is 26.1. The maximum absolute atomic E-state index is 13.0. The predicted molar refractivity (Wildman–Crippen MR) is 162 cm³/mol. The van der Waals surface area contributed by atoms with Gasteiger partial charge in [0, 0.05) is 17.7 Å². The molecular weight excluding hydrogens is 552 g/mol. The maximum Gasteiger partial charge on any atom is 0.328 e. The van der Waals surface area contributed by atoms with Crippen LogP contribution in [0.15, 0.2) is 30.3 Å². The number of benzene rings is 1. The molecule has 2 aromatic heterocycles. The summed E-state index contributed by atoms with van der Waals surface area (Å²) in [6.45, 7) is 14.5. The fourth-order valence-corrected chi connectivity index (χ4v) is 4.84. The van der Waals surface area contributed by atoms with Crippen LogP contribution in [-0.2, 0) is 35.1 Å². The standard InChI is InChI=1S/C32H42N4O7/c1-8-42-30(37)26(31(38)43-9-2)28-34-27-23(29(35-28)36-14-15-40-17-20(36)3)11-12-24(33-27)21-10-13-25(39-7)22(16-21)18-41-19-32(4,5)6/h10-13,16,20,26H,8-9,14-15,17-19H2,1-7H3. The molecule has 1 aromatic carbocycles. The van der Waals surface area contributed by atoms with Crippen LogP contribution in [0.1, 0.15) is 58.8 Å². The average molecular weight is 595 g/mol. The number of morpholine rings is 1. The van der Waals surface area contributed by atoms with Crippen molar-refractivity contribution in [2.45, 2.75) is 60.1 Å². The van der Waals surface area contributed by atoms with Gasteiger partial charge in [-0.3, -0.25) is 9.59 Å². The molecule has 3 heterocycles. The second kappa shape index (κ2) is 14.1. The van der Waals surface area contributed by atoms with E-state index in [0.29, 0.717) is 55.5 Å². The van der Waals surface area contributed by atoms with Gasteiger partial charge in [-0.2, -0.15) is 0 Å². The van der Waals surface area contributed by atoms with Crippen LogP contribution >= 0.6 is 0 Å². The molecule has 1 saturated heterocycles. The monoisotopic (exact) mass is 594 g/mol. The van der Waals surface area contributed by atoms with Crippen molar-refractivity contribution in [3.05, 3.63) is 41.7 Å². The number of anilines is 1. The highest BCUT2D eigenvalue weighted by atomic mass is 16.6. The van der Waals surface area contributed by atoms with Crippen LogP contribution in [0.25, 0.3) is 22.3 Å². The number of ether oxygens (including phenoxy) is 5. The van der Waals surface area contributed by atoms with Gasteiger partial charge in [0.05, 0.1) is 63.9 Å². The van der Waals surface area contributed by atoms with Gasteiger partial charge < -0.3 is 28.6 Å². The fraction of sp³-hybridized carbons (Fsp3) is 0.531. The van der Waals surface area contributed by atoms with Gasteiger partial charge in [0.15, 0.2) is 11.5 Å². The van der Waals surface area contributed by atoms with Crippen molar-refractivity contribution in [3.63, 3.8) is 0 Å². The molecule has 4 rings (SSSR count). The Morgan fingerprint density at radius 2 is 1.77 bits per heavy atom. The van der Waals surface area contributed by atoms with Crippen LogP contribution in [-0.4, -0.2) is 79.6 Å². The molecule has 0 aliphatic carbocycles. The molecular formula is C32H42N4O7. The maximum atomic E-state index is 13.0. The van der Waals surface area contributed by atoms with E-state index in [2.05, 4.69) is 30.7 Å². The number of carbonyl (C=O) groups is 2. The number of esters is 2. The molecule has 0 spiro atoms. The lowest BCUT2D eigenvalue weighted by Gasteiger charge is -2.35. The Bertz CT molecular complexity index is 1420. The Hall–Kier alpha value is -3.83. The zero-order valence-corrected chi connectivity index (χ0v) is 26.1. The summed E-state index contributed by atoms with van der Waals surface area (Å²) in [7, 11) is 1.63. The van der Waals surface area contributed by atoms with Gasteiger partial charge in [-0.15, -0.1) is 0 Å². The van der Waals surface area contributed by atoms with Gasteiger partial charge in [0.1, 0.15) is 11.6 Å². The van der Waals surface area contributed by atoms with Crippen LogP contribution in [0.4, 0.5) is 5.82 Å². The van der Waals surface area contributed by atoms with Crippen LogP contribution in [0.3, 0.4) is 0 Å². The smallest absolute Gasteiger partial charge is 0.328 e. The van der Waals surface area contributed by atoms with Crippen LogP contribution in [0.5, 0.6) is 5.75 Å². The first-order valence-electron chi connectivity index (χ1n) is 14.7. The van der Waals surface area contributed by atoms with E-state index in [4.69, 9.17) is 33.7 Å². The van der Waals surface area contributed by atoms with Crippen molar-refractivity contribution < 1.29 is 33.3 Å². The lowest BCUT2D eigenvalue weighted by molar-refractivity contribution is -0.157. The number of rotatable bonds is 11. The fourth-order valence-electron chi connectivity index (χ4n) is 4.84. The van der Waals surface area contributed by atoms with Crippen LogP contribution in [0, 0.1) is 5.41 Å². The van der Waals surface area contributed by atoms with E-state index in [1.165, 1.54) is 0 Å². The summed E-state index contributed by atoms with van der Waals surface area (Å²) in [6.07, 6.45) is 0. The number of hydrogen-bond acceptors (Lipinski definition) is 11. The first-order valence-corrected chi connectivity index (χ1v) is 14.7. The van der Waals surface area contributed by atoms with Gasteiger partial charge in [-0.1, -0.05) is 20.8 Å². The summed E-state index contributed by atoms with van der Waals surface area (Å²) in [5.41, 5.74) is 2.76. The van der Waals surface area contributed by atoms with Crippen LogP contribution in [0.2, 0.25) is 0 Å². The van der Waals surface area contributed by atoms with E-state index >= 15 is 0 Å². The van der Waals surface area contributed by atoms with E-state index in [9.17, 15) is 9.59 Å². The minimum atomic E-state index is -1.45. The number of methoxy groups -OCH3 is 1. The minimum Gasteiger partial charge on any atom is -0.496 e. The molecule has 43 heavy (non-hydrogen) atoms. The van der Waals surface area contributed by atoms with E-state index < -0.39 is 17.9 Å². The second-order valence-electron chi connectivity index (χ2n) is 11.6. The van der Waals surface area contributed by atoms with Crippen molar-refractivity contribution in [2.75, 3.05) is 51.6 Å². The molecule has 1 atom stereocenters. The van der Waals surface area contributed by atoms with Crippen LogP contribution < -0.4 is 9.64 Å². The highest BCUT2D eigenvalue weighted by Gasteiger charge is 2.36. The van der Waals surface area contributed by atoms with Gasteiger partial charge >= 0.3 is 11.9 Å². The lowest BCUT2D eigenvalue weighted by atomic mass is 9.99. The molecule has 1 aliphatic rings. The Morgan fingerprint density at radius 3 is 2.40 bits per heavy atom. The molecule has 0 amide bonds. The summed E-state index contributed by atoms with van der Waals surface area (Å²) in [6, 6.07) is 9.63. The van der Waals surface area contributed by atoms with E-state index in [0.717, 1.165) is 16.9 Å². The van der Waals surface area contributed by atoms with Crippen molar-refractivity contribution in [2.24, 2.45) is 5.41 Å². The summed E-state index contributed by atoms with van der Waals surface area (Å²) in [5.74, 6) is -1.72. The Morgan fingerprint density at radius 1 is 1.05 bits per heavy atom. The molecule has 3 aromatic rings. The van der Waals surface area contributed by atoms with Gasteiger partial charge in [-0.25, -0.2) is 15.0 Å². The predicted octanol–water partition coefficient (Wildman–Crippen LogP) is 4.70. The minimum absolute atomic E-state index is 0.000239. The van der Waals surface area contributed by atoms with E-state index in [1.54, 1.807) is 21.0 Å². The molecule has 1 unspecified atom stereocenters. The van der Waals surface area contributed by atoms with Gasteiger partial charge in [0.25, 0.3) is 0 Å². The quantitative estimate of drug-likeness (QED) is 0.227. The Labute approximate surface area is 252 Å². The number of aromatic nitrogens is 3. The Kier molecular flexibility index (Phi) is 10.5. The molecule has 1 aliphatic heterocycles. The molecule has 0 N–H and O–H groups in total. The average Bonchev–Trinajstić information content (AvgIpc) is 2.96. The Balaban J connectivity index is 1.83. The summed E-state index contributed by atoms with van der Waals surface area (Å²) in [5, 5.41) is 0.690. The number of fused-ring (bicyclic) bond motifs is 1. The number of carbonyl (C=O) groups excluding carboxylic acids is 2. The summed E-state index contributed by atoms with van der Waals surface area (Å²) >= 11 is 0. The lowest BCUT2D eigenvalue weighted by Crippen LogP contribution is -2.44. The number of nitrogens with zero attached hydrogens (tertiary/aromatic N) is 4. The summed E-state index contributed by atoms with van der Waals surface area (Å²) in [4.78, 5) is 42.4. The van der Waals surface area contributed by atoms with Crippen molar-refractivity contribution in [1.29, 1.82) is 0 Å². The third-order valence-corrected chi connectivity index (χ3v) is 6.87. The molecule has 11 nitrogen and oxygen atoms in total. The first kappa shape index (κ1) is 32.1. The highest BCUT2D eigenvalue weighted by molar-refractivity contribution is 6.01. The number of hydrogen-bond donors (Lipinski definition) is 0. The first-order chi connectivity index (χ1) is 20.6. The SMILES string of the molecule is CCOC(=O)C(C(=O)OCC)c1nc(N2CCOCC2C)c2ccc(-c3ccc(OC)c(COCC(C)(C)C)c3)nc2n1. The van der Waals surface area contributed by atoms with Crippen molar-refractivity contribution >= 4 is 28.8 Å². The zero-order chi connectivity index (χ0) is 31.1. The van der Waals surface area contributed by atoms with Gasteiger partial charge in [-0.05, 0) is 56.5 Å². The molecule has 0 saturated carbocycles. The highest BCUT2D eigenvalue weighted by Crippen LogP contribution is 2.32. The third kappa shape index (κ3) is 7.77. The van der Waals surface area contributed by atoms with Gasteiger partial charge in [0.2, 0.25) is 5.92 Å². The molecule has 11 heteroatoms. The normalized spacial score (nSPS) is 15.5. The topological polar surface area (TPSA) is 122 Å². The molecule has 0 radical (unpaired) electrons.